The van der Waals surface area contributed by atoms with Crippen molar-refractivity contribution >= 4 is 17.7 Å². The number of carbonyl (C=O) groups excluding carboxylic acids is 1. The molecule has 1 aromatic carbocycles. The van der Waals surface area contributed by atoms with Crippen molar-refractivity contribution in [2.45, 2.75) is 26.2 Å². The Labute approximate surface area is 141 Å². The lowest BCUT2D eigenvalue weighted by atomic mass is 9.91. The standard InChI is InChI=1S/C18H24N2O4/c1-12-8-14(17(21)22)10-20(9-12)18(23)19-15-4-6-16(7-5-15)24-11-13-2-3-13/h4-7,12-14H,2-3,8-11H2,1H3,(H,19,23)(H,21,22). The molecule has 1 aliphatic heterocycles. The largest absolute Gasteiger partial charge is 0.493 e. The summed E-state index contributed by atoms with van der Waals surface area (Å²) < 4.78 is 5.67. The van der Waals surface area contributed by atoms with Gasteiger partial charge in [0.2, 0.25) is 0 Å². The molecule has 0 spiro atoms. The molecule has 1 saturated heterocycles. The third kappa shape index (κ3) is 4.40. The summed E-state index contributed by atoms with van der Waals surface area (Å²) in [6.45, 7) is 3.57. The van der Waals surface area contributed by atoms with Crippen LogP contribution >= 0.6 is 0 Å². The molecule has 0 aromatic heterocycles. The molecule has 0 bridgehead atoms. The van der Waals surface area contributed by atoms with E-state index in [0.717, 1.165) is 12.4 Å². The molecule has 0 radical (unpaired) electrons. The van der Waals surface area contributed by atoms with E-state index in [1.54, 1.807) is 4.90 Å². The lowest BCUT2D eigenvalue weighted by Crippen LogP contribution is -2.47. The number of piperidine rings is 1. The first-order valence-electron chi connectivity index (χ1n) is 8.53. The normalized spacial score (nSPS) is 23.6. The fourth-order valence-corrected chi connectivity index (χ4v) is 3.03. The number of hydrogen-bond acceptors (Lipinski definition) is 3. The van der Waals surface area contributed by atoms with Crippen LogP contribution in [0, 0.1) is 17.8 Å². The number of likely N-dealkylation sites (tertiary alicyclic amines) is 1. The summed E-state index contributed by atoms with van der Waals surface area (Å²) >= 11 is 0. The van der Waals surface area contributed by atoms with Crippen molar-refractivity contribution in [1.29, 1.82) is 0 Å². The second-order valence-electron chi connectivity index (χ2n) is 6.99. The number of ether oxygens (including phenoxy) is 1. The third-order valence-corrected chi connectivity index (χ3v) is 4.58. The second-order valence-corrected chi connectivity index (χ2v) is 6.99. The minimum absolute atomic E-state index is 0.184. The Kier molecular flexibility index (Phi) is 4.92. The Morgan fingerprint density at radius 3 is 2.58 bits per heavy atom. The Morgan fingerprint density at radius 2 is 1.96 bits per heavy atom. The van der Waals surface area contributed by atoms with Gasteiger partial charge in [-0.05, 0) is 55.4 Å². The van der Waals surface area contributed by atoms with Crippen LogP contribution in [0.1, 0.15) is 26.2 Å². The molecule has 2 amide bonds. The van der Waals surface area contributed by atoms with Crippen LogP contribution < -0.4 is 10.1 Å². The molecule has 24 heavy (non-hydrogen) atoms. The number of aliphatic carboxylic acids is 1. The van der Waals surface area contributed by atoms with E-state index in [1.807, 2.05) is 31.2 Å². The zero-order chi connectivity index (χ0) is 17.1. The average molecular weight is 332 g/mol. The summed E-state index contributed by atoms with van der Waals surface area (Å²) in [6.07, 6.45) is 3.12. The number of urea groups is 1. The van der Waals surface area contributed by atoms with Gasteiger partial charge in [-0.15, -0.1) is 0 Å². The molecule has 130 valence electrons. The zero-order valence-electron chi connectivity index (χ0n) is 13.9. The maximum absolute atomic E-state index is 12.4. The van der Waals surface area contributed by atoms with Crippen LogP contribution in [0.5, 0.6) is 5.75 Å². The van der Waals surface area contributed by atoms with E-state index in [1.165, 1.54) is 12.8 Å². The Bertz CT molecular complexity index is 598. The fraction of sp³-hybridized carbons (Fsp3) is 0.556. The summed E-state index contributed by atoms with van der Waals surface area (Å²) in [7, 11) is 0. The van der Waals surface area contributed by atoms with Crippen molar-refractivity contribution in [3.05, 3.63) is 24.3 Å². The van der Waals surface area contributed by atoms with E-state index < -0.39 is 11.9 Å². The quantitative estimate of drug-likeness (QED) is 0.868. The number of carboxylic acids is 1. The number of amides is 2. The van der Waals surface area contributed by atoms with Gasteiger partial charge < -0.3 is 20.1 Å². The maximum atomic E-state index is 12.4. The smallest absolute Gasteiger partial charge is 0.321 e. The molecule has 2 N–H and O–H groups in total. The minimum atomic E-state index is -0.837. The molecule has 2 fully saturated rings. The summed E-state index contributed by atoms with van der Waals surface area (Å²) in [6, 6.07) is 7.05. The molecular weight excluding hydrogens is 308 g/mol. The molecule has 2 aliphatic rings. The molecule has 1 heterocycles. The monoisotopic (exact) mass is 332 g/mol. The Hall–Kier alpha value is -2.24. The second kappa shape index (κ2) is 7.11. The van der Waals surface area contributed by atoms with Gasteiger partial charge in [0, 0.05) is 18.8 Å². The first kappa shape index (κ1) is 16.6. The highest BCUT2D eigenvalue weighted by Crippen LogP contribution is 2.29. The van der Waals surface area contributed by atoms with Crippen LogP contribution in [0.3, 0.4) is 0 Å². The first-order valence-corrected chi connectivity index (χ1v) is 8.53. The molecule has 6 nitrogen and oxygen atoms in total. The number of carboxylic acid groups (broad SMARTS) is 1. The molecule has 3 rings (SSSR count). The summed E-state index contributed by atoms with van der Waals surface area (Å²) in [5, 5.41) is 12.0. The molecule has 2 atom stereocenters. The molecule has 6 heteroatoms. The van der Waals surface area contributed by atoms with Gasteiger partial charge in [-0.3, -0.25) is 4.79 Å². The van der Waals surface area contributed by atoms with Gasteiger partial charge in [-0.2, -0.15) is 0 Å². The van der Waals surface area contributed by atoms with E-state index in [-0.39, 0.29) is 18.5 Å². The predicted molar refractivity (Wildman–Crippen MR) is 90.2 cm³/mol. The van der Waals surface area contributed by atoms with Crippen molar-refractivity contribution in [2.24, 2.45) is 17.8 Å². The highest BCUT2D eigenvalue weighted by Gasteiger charge is 2.31. The van der Waals surface area contributed by atoms with Gasteiger partial charge >= 0.3 is 12.0 Å². The van der Waals surface area contributed by atoms with Crippen LogP contribution in [-0.4, -0.2) is 41.7 Å². The number of nitrogens with one attached hydrogen (secondary N) is 1. The van der Waals surface area contributed by atoms with Gasteiger partial charge in [-0.25, -0.2) is 4.79 Å². The van der Waals surface area contributed by atoms with Crippen molar-refractivity contribution in [1.82, 2.24) is 4.90 Å². The average Bonchev–Trinajstić information content (AvgIpc) is 3.38. The number of carbonyl (C=O) groups is 2. The Balaban J connectivity index is 1.54. The first-order chi connectivity index (χ1) is 11.5. The number of hydrogen-bond donors (Lipinski definition) is 2. The van der Waals surface area contributed by atoms with Crippen LogP contribution in [0.15, 0.2) is 24.3 Å². The number of anilines is 1. The summed E-state index contributed by atoms with van der Waals surface area (Å²) in [4.78, 5) is 25.2. The van der Waals surface area contributed by atoms with Gasteiger partial charge in [-0.1, -0.05) is 6.92 Å². The lowest BCUT2D eigenvalue weighted by molar-refractivity contribution is -0.143. The predicted octanol–water partition coefficient (Wildman–Crippen LogP) is 3.05. The summed E-state index contributed by atoms with van der Waals surface area (Å²) in [5.74, 6) is 0.364. The van der Waals surface area contributed by atoms with Crippen LogP contribution in [0.2, 0.25) is 0 Å². The zero-order valence-corrected chi connectivity index (χ0v) is 13.9. The van der Waals surface area contributed by atoms with Crippen LogP contribution in [0.4, 0.5) is 10.5 Å². The van der Waals surface area contributed by atoms with E-state index in [2.05, 4.69) is 5.32 Å². The van der Waals surface area contributed by atoms with Crippen molar-refractivity contribution in [3.63, 3.8) is 0 Å². The molecule has 2 unspecified atom stereocenters. The van der Waals surface area contributed by atoms with Crippen molar-refractivity contribution in [2.75, 3.05) is 25.0 Å². The van der Waals surface area contributed by atoms with Crippen LogP contribution in [-0.2, 0) is 4.79 Å². The maximum Gasteiger partial charge on any atom is 0.321 e. The van der Waals surface area contributed by atoms with E-state index in [0.29, 0.717) is 24.6 Å². The van der Waals surface area contributed by atoms with E-state index >= 15 is 0 Å². The number of rotatable bonds is 5. The van der Waals surface area contributed by atoms with Crippen molar-refractivity contribution in [3.8, 4) is 5.75 Å². The molecule has 1 aromatic rings. The SMILES string of the molecule is CC1CC(C(=O)O)CN(C(=O)Nc2ccc(OCC3CC3)cc2)C1. The number of nitrogens with zero attached hydrogens (tertiary/aromatic N) is 1. The van der Waals surface area contributed by atoms with Gasteiger partial charge in [0.15, 0.2) is 0 Å². The summed E-state index contributed by atoms with van der Waals surface area (Å²) in [5.41, 5.74) is 0.684. The Morgan fingerprint density at radius 1 is 1.25 bits per heavy atom. The minimum Gasteiger partial charge on any atom is -0.493 e. The van der Waals surface area contributed by atoms with E-state index in [9.17, 15) is 14.7 Å². The van der Waals surface area contributed by atoms with Gasteiger partial charge in [0.25, 0.3) is 0 Å². The van der Waals surface area contributed by atoms with Gasteiger partial charge in [0.05, 0.1) is 12.5 Å². The highest BCUT2D eigenvalue weighted by atomic mass is 16.5. The number of benzene rings is 1. The molecule has 1 aliphatic carbocycles. The molecule has 1 saturated carbocycles. The van der Waals surface area contributed by atoms with Gasteiger partial charge in [0.1, 0.15) is 5.75 Å². The third-order valence-electron chi connectivity index (χ3n) is 4.58. The van der Waals surface area contributed by atoms with Crippen molar-refractivity contribution < 1.29 is 19.4 Å². The molecular formula is C18H24N2O4. The lowest BCUT2D eigenvalue weighted by Gasteiger charge is -2.34. The highest BCUT2D eigenvalue weighted by molar-refractivity contribution is 5.89. The topological polar surface area (TPSA) is 78.9 Å². The van der Waals surface area contributed by atoms with Crippen LogP contribution in [0.25, 0.3) is 0 Å². The fourth-order valence-electron chi connectivity index (χ4n) is 3.03. The van der Waals surface area contributed by atoms with E-state index in [4.69, 9.17) is 4.74 Å².